The van der Waals surface area contributed by atoms with Gasteiger partial charge in [0, 0.05) is 17.2 Å². The van der Waals surface area contributed by atoms with Gasteiger partial charge in [-0.15, -0.1) is 11.8 Å². The zero-order valence-corrected chi connectivity index (χ0v) is 16.9. The number of phenolic OH excluding ortho intramolecular Hbond substituents is 1. The molecule has 2 aliphatic rings. The summed E-state index contributed by atoms with van der Waals surface area (Å²) in [5, 5.41) is 17.8. The summed E-state index contributed by atoms with van der Waals surface area (Å²) < 4.78 is 5.96. The molecule has 1 aromatic carbocycles. The Morgan fingerprint density at radius 3 is 2.58 bits per heavy atom. The van der Waals surface area contributed by atoms with Crippen LogP contribution in [-0.4, -0.2) is 29.6 Å². The molecule has 1 saturated heterocycles. The summed E-state index contributed by atoms with van der Waals surface area (Å²) in [5.41, 5.74) is 4.08. The maximum Gasteiger partial charge on any atom is 0.154 e. The quantitative estimate of drug-likeness (QED) is 0.466. The molecule has 3 rings (SSSR count). The van der Waals surface area contributed by atoms with Crippen molar-refractivity contribution in [3.8, 4) is 5.75 Å². The predicted molar refractivity (Wildman–Crippen MR) is 110 cm³/mol. The van der Waals surface area contributed by atoms with Crippen LogP contribution in [0.25, 0.3) is 0 Å². The van der Waals surface area contributed by atoms with Crippen molar-refractivity contribution in [1.82, 2.24) is 5.32 Å². The minimum Gasteiger partial charge on any atom is -0.505 e. The summed E-state index contributed by atoms with van der Waals surface area (Å²) >= 11 is 7.55. The van der Waals surface area contributed by atoms with Gasteiger partial charge in [0.1, 0.15) is 0 Å². The molecule has 2 unspecified atom stereocenters. The zero-order chi connectivity index (χ0) is 19.0. The molecule has 26 heavy (non-hydrogen) atoms. The molecule has 0 amide bonds. The summed E-state index contributed by atoms with van der Waals surface area (Å²) in [6.07, 6.45) is 4.52. The lowest BCUT2D eigenvalue weighted by Gasteiger charge is -2.34. The molecule has 0 bridgehead atoms. The van der Waals surface area contributed by atoms with E-state index in [1.165, 1.54) is 11.8 Å². The number of benzene rings is 1. The lowest BCUT2D eigenvalue weighted by atomic mass is 9.88. The highest BCUT2D eigenvalue weighted by molar-refractivity contribution is 7.98. The molecule has 140 valence electrons. The Kier molecular flexibility index (Phi) is 5.61. The standard InChI is InChI=1S/C20H25ClN2O2S/c1-10-6-9-16(25-10)13(4)22-17-11(2)12(3)18(17)23-15-8-7-14(21)20(26-5)19(15)24/h7-8,10,13,16,22-24H,2-3,6,9H2,1,4-5H3/t10?,13-,16?/m1/s1. The van der Waals surface area contributed by atoms with Crippen molar-refractivity contribution in [2.45, 2.75) is 49.8 Å². The Labute approximate surface area is 164 Å². The van der Waals surface area contributed by atoms with Crippen molar-refractivity contribution >= 4 is 29.1 Å². The highest BCUT2D eigenvalue weighted by atomic mass is 35.5. The number of ether oxygens (including phenoxy) is 1. The summed E-state index contributed by atoms with van der Waals surface area (Å²) in [6.45, 7) is 12.4. The van der Waals surface area contributed by atoms with Gasteiger partial charge in [-0.25, -0.2) is 0 Å². The van der Waals surface area contributed by atoms with Gasteiger partial charge in [-0.05, 0) is 45.1 Å². The first-order valence-electron chi connectivity index (χ1n) is 8.71. The lowest BCUT2D eigenvalue weighted by Crippen LogP contribution is -2.41. The second-order valence-electron chi connectivity index (χ2n) is 6.80. The summed E-state index contributed by atoms with van der Waals surface area (Å²) in [4.78, 5) is 0.650. The number of nitrogens with one attached hydrogen (secondary N) is 2. The maximum absolute atomic E-state index is 10.5. The van der Waals surface area contributed by atoms with Gasteiger partial charge < -0.3 is 20.5 Å². The number of phenols is 1. The average Bonchev–Trinajstić information content (AvgIpc) is 3.06. The third kappa shape index (κ3) is 3.48. The molecule has 1 aliphatic heterocycles. The molecule has 3 N–H and O–H groups in total. The van der Waals surface area contributed by atoms with E-state index in [4.69, 9.17) is 16.3 Å². The molecular formula is C20H25ClN2O2S. The SMILES string of the molecule is C=C1C(=C)C(N[C@H](C)C2CCC(C)O2)=C1Nc1ccc(Cl)c(SC)c1O. The number of thioether (sulfide) groups is 1. The first-order chi connectivity index (χ1) is 12.3. The van der Waals surface area contributed by atoms with Crippen molar-refractivity contribution in [2.75, 3.05) is 11.6 Å². The van der Waals surface area contributed by atoms with E-state index in [1.807, 2.05) is 6.26 Å². The minimum absolute atomic E-state index is 0.142. The fraction of sp³-hybridized carbons (Fsp3) is 0.400. The van der Waals surface area contributed by atoms with Crippen LogP contribution < -0.4 is 10.6 Å². The van der Waals surface area contributed by atoms with E-state index >= 15 is 0 Å². The van der Waals surface area contributed by atoms with E-state index < -0.39 is 0 Å². The number of rotatable bonds is 6. The van der Waals surface area contributed by atoms with Gasteiger partial charge in [-0.1, -0.05) is 24.8 Å². The van der Waals surface area contributed by atoms with Gasteiger partial charge in [-0.3, -0.25) is 0 Å². The first kappa shape index (κ1) is 19.2. The van der Waals surface area contributed by atoms with Crippen molar-refractivity contribution in [1.29, 1.82) is 0 Å². The normalized spacial score (nSPS) is 23.8. The number of hydrogen-bond acceptors (Lipinski definition) is 5. The molecule has 4 nitrogen and oxygen atoms in total. The first-order valence-corrected chi connectivity index (χ1v) is 10.3. The van der Waals surface area contributed by atoms with Crippen molar-refractivity contribution in [2.24, 2.45) is 0 Å². The Morgan fingerprint density at radius 1 is 1.27 bits per heavy atom. The molecule has 1 heterocycles. The largest absolute Gasteiger partial charge is 0.505 e. The molecule has 0 aromatic heterocycles. The molecule has 1 aliphatic carbocycles. The Bertz CT molecular complexity index is 790. The number of halogens is 1. The Morgan fingerprint density at radius 2 is 1.96 bits per heavy atom. The van der Waals surface area contributed by atoms with Crippen molar-refractivity contribution < 1.29 is 9.84 Å². The van der Waals surface area contributed by atoms with Crippen LogP contribution in [0, 0.1) is 0 Å². The molecule has 3 atom stereocenters. The van der Waals surface area contributed by atoms with E-state index in [2.05, 4.69) is 37.6 Å². The number of allylic oxidation sites excluding steroid dienone is 2. The third-order valence-electron chi connectivity index (χ3n) is 4.96. The third-order valence-corrected chi connectivity index (χ3v) is 6.21. The van der Waals surface area contributed by atoms with E-state index in [-0.39, 0.29) is 17.9 Å². The predicted octanol–water partition coefficient (Wildman–Crippen LogP) is 5.06. The topological polar surface area (TPSA) is 53.5 Å². The van der Waals surface area contributed by atoms with Crippen LogP contribution in [-0.2, 0) is 4.74 Å². The average molecular weight is 393 g/mol. The molecule has 6 heteroatoms. The van der Waals surface area contributed by atoms with Crippen LogP contribution in [0.4, 0.5) is 5.69 Å². The smallest absolute Gasteiger partial charge is 0.154 e. The van der Waals surface area contributed by atoms with E-state index in [1.54, 1.807) is 12.1 Å². The van der Waals surface area contributed by atoms with Gasteiger partial charge in [0.25, 0.3) is 0 Å². The molecule has 0 spiro atoms. The number of hydrogen-bond donors (Lipinski definition) is 3. The lowest BCUT2D eigenvalue weighted by molar-refractivity contribution is 0.0381. The van der Waals surface area contributed by atoms with Crippen LogP contribution in [0.3, 0.4) is 0 Å². The monoisotopic (exact) mass is 392 g/mol. The van der Waals surface area contributed by atoms with E-state index in [9.17, 15) is 5.11 Å². The van der Waals surface area contributed by atoms with Crippen molar-refractivity contribution in [3.05, 3.63) is 52.9 Å². The highest BCUT2D eigenvalue weighted by Crippen LogP contribution is 2.43. The van der Waals surface area contributed by atoms with Crippen LogP contribution in [0.2, 0.25) is 5.02 Å². The van der Waals surface area contributed by atoms with Gasteiger partial charge in [0.15, 0.2) is 5.75 Å². The summed E-state index contributed by atoms with van der Waals surface area (Å²) in [7, 11) is 0. The molecule has 0 radical (unpaired) electrons. The van der Waals surface area contributed by atoms with Gasteiger partial charge >= 0.3 is 0 Å². The second-order valence-corrected chi connectivity index (χ2v) is 8.03. The second kappa shape index (κ2) is 7.59. The number of anilines is 1. The molecule has 0 saturated carbocycles. The fourth-order valence-corrected chi connectivity index (χ4v) is 4.29. The van der Waals surface area contributed by atoms with Gasteiger partial charge in [0.05, 0.1) is 39.2 Å². The number of aromatic hydroxyl groups is 1. The molecule has 1 fully saturated rings. The molecular weight excluding hydrogens is 368 g/mol. The maximum atomic E-state index is 10.5. The van der Waals surface area contributed by atoms with E-state index in [0.29, 0.717) is 21.7 Å². The van der Waals surface area contributed by atoms with Crippen LogP contribution in [0.1, 0.15) is 26.7 Å². The van der Waals surface area contributed by atoms with Gasteiger partial charge in [0.2, 0.25) is 0 Å². The van der Waals surface area contributed by atoms with Gasteiger partial charge in [-0.2, -0.15) is 0 Å². The van der Waals surface area contributed by atoms with Crippen LogP contribution in [0.15, 0.2) is 52.7 Å². The van der Waals surface area contributed by atoms with Crippen LogP contribution in [0.5, 0.6) is 5.75 Å². The fourth-order valence-electron chi connectivity index (χ4n) is 3.34. The summed E-state index contributed by atoms with van der Waals surface area (Å²) in [6, 6.07) is 3.70. The van der Waals surface area contributed by atoms with E-state index in [0.717, 1.165) is 35.4 Å². The van der Waals surface area contributed by atoms with Crippen molar-refractivity contribution in [3.63, 3.8) is 0 Å². The summed E-state index contributed by atoms with van der Waals surface area (Å²) in [5.74, 6) is 0.142. The van der Waals surface area contributed by atoms with Crippen LogP contribution >= 0.6 is 23.4 Å². The highest BCUT2D eigenvalue weighted by Gasteiger charge is 2.32. The Hall–Kier alpha value is -1.56. The zero-order valence-electron chi connectivity index (χ0n) is 15.4. The molecule has 1 aromatic rings. The minimum atomic E-state index is 0.142. The Balaban J connectivity index is 1.81.